The number of nitrogens with two attached hydrogens (primary N) is 1. The van der Waals surface area contributed by atoms with Crippen LogP contribution in [0.3, 0.4) is 0 Å². The molecule has 2 N–H and O–H groups in total. The minimum Gasteiger partial charge on any atom is -0.459 e. The third kappa shape index (κ3) is 3.07. The number of aromatic nitrogens is 2. The molecule has 94 valence electrons. The van der Waals surface area contributed by atoms with Crippen molar-refractivity contribution < 1.29 is 9.13 Å². The van der Waals surface area contributed by atoms with Crippen molar-refractivity contribution in [1.29, 1.82) is 0 Å². The molecule has 18 heavy (non-hydrogen) atoms. The van der Waals surface area contributed by atoms with Gasteiger partial charge >= 0.3 is 6.01 Å². The van der Waals surface area contributed by atoms with Gasteiger partial charge in [-0.3, -0.25) is 0 Å². The molecular formula is C12H11ClFN3O. The molecular weight excluding hydrogens is 257 g/mol. The first-order valence-electron chi connectivity index (χ1n) is 5.23. The lowest BCUT2D eigenvalue weighted by molar-refractivity contribution is 0.280. The Hall–Kier alpha value is -1.88. The number of ether oxygens (including phenoxy) is 1. The van der Waals surface area contributed by atoms with Gasteiger partial charge in [0, 0.05) is 5.88 Å². The zero-order valence-electron chi connectivity index (χ0n) is 9.44. The van der Waals surface area contributed by atoms with E-state index < -0.39 is 5.82 Å². The second-order valence-corrected chi connectivity index (χ2v) is 3.89. The highest BCUT2D eigenvalue weighted by Crippen LogP contribution is 2.12. The van der Waals surface area contributed by atoms with E-state index in [9.17, 15) is 4.39 Å². The summed E-state index contributed by atoms with van der Waals surface area (Å²) in [6.45, 7) is 0.285. The van der Waals surface area contributed by atoms with Crippen molar-refractivity contribution in [3.8, 4) is 6.01 Å². The summed E-state index contributed by atoms with van der Waals surface area (Å²) in [5, 5.41) is 0. The molecule has 1 aromatic heterocycles. The Morgan fingerprint density at radius 2 is 1.89 bits per heavy atom. The van der Waals surface area contributed by atoms with Gasteiger partial charge in [-0.15, -0.1) is 11.6 Å². The normalized spacial score (nSPS) is 10.3. The van der Waals surface area contributed by atoms with E-state index in [1.54, 1.807) is 0 Å². The lowest BCUT2D eigenvalue weighted by atomic mass is 10.2. The number of nitrogen functional groups attached to an aromatic ring is 1. The van der Waals surface area contributed by atoms with Crippen molar-refractivity contribution >= 4 is 17.4 Å². The Kier molecular flexibility index (Phi) is 3.94. The van der Waals surface area contributed by atoms with Gasteiger partial charge in [-0.25, -0.2) is 9.37 Å². The quantitative estimate of drug-likeness (QED) is 0.865. The summed E-state index contributed by atoms with van der Waals surface area (Å²) in [4.78, 5) is 7.35. The van der Waals surface area contributed by atoms with E-state index in [2.05, 4.69) is 9.97 Å². The van der Waals surface area contributed by atoms with E-state index in [1.807, 2.05) is 24.3 Å². The van der Waals surface area contributed by atoms with E-state index in [1.165, 1.54) is 0 Å². The molecule has 0 amide bonds. The van der Waals surface area contributed by atoms with E-state index >= 15 is 0 Å². The molecule has 0 atom stereocenters. The summed E-state index contributed by atoms with van der Waals surface area (Å²) in [6.07, 6.45) is 0.980. The highest BCUT2D eigenvalue weighted by molar-refractivity contribution is 6.17. The van der Waals surface area contributed by atoms with E-state index in [4.69, 9.17) is 22.1 Å². The van der Waals surface area contributed by atoms with Crippen LogP contribution in [0.15, 0.2) is 30.5 Å². The maximum atomic E-state index is 12.8. The third-order valence-corrected chi connectivity index (χ3v) is 2.60. The number of benzene rings is 1. The topological polar surface area (TPSA) is 61.0 Å². The second-order valence-electron chi connectivity index (χ2n) is 3.62. The molecule has 0 aliphatic carbocycles. The summed E-state index contributed by atoms with van der Waals surface area (Å²) in [7, 11) is 0. The van der Waals surface area contributed by atoms with Crippen LogP contribution in [0, 0.1) is 5.82 Å². The molecule has 2 rings (SSSR count). The number of halogens is 2. The maximum absolute atomic E-state index is 12.8. The summed E-state index contributed by atoms with van der Waals surface area (Å²) >= 11 is 5.68. The van der Waals surface area contributed by atoms with Gasteiger partial charge in [-0.1, -0.05) is 24.3 Å². The van der Waals surface area contributed by atoms with Crippen molar-refractivity contribution in [2.75, 3.05) is 5.73 Å². The number of hydrogen-bond donors (Lipinski definition) is 1. The van der Waals surface area contributed by atoms with Crippen LogP contribution in [-0.4, -0.2) is 9.97 Å². The lowest BCUT2D eigenvalue weighted by Crippen LogP contribution is -2.03. The molecule has 0 unspecified atom stereocenters. The highest BCUT2D eigenvalue weighted by atomic mass is 35.5. The number of hydrogen-bond acceptors (Lipinski definition) is 4. The molecule has 1 heterocycles. The van der Waals surface area contributed by atoms with Crippen LogP contribution in [0.5, 0.6) is 6.01 Å². The van der Waals surface area contributed by atoms with Gasteiger partial charge in [0.1, 0.15) is 6.61 Å². The number of rotatable bonds is 4. The first-order valence-corrected chi connectivity index (χ1v) is 5.77. The number of alkyl halides is 1. The minimum atomic E-state index is -0.659. The third-order valence-electron chi connectivity index (χ3n) is 2.29. The molecule has 1 aromatic carbocycles. The molecule has 4 nitrogen and oxygen atoms in total. The molecule has 0 saturated heterocycles. The molecule has 0 bridgehead atoms. The summed E-state index contributed by atoms with van der Waals surface area (Å²) in [6, 6.07) is 7.65. The van der Waals surface area contributed by atoms with Crippen LogP contribution in [0.4, 0.5) is 10.2 Å². The van der Waals surface area contributed by atoms with Crippen molar-refractivity contribution in [3.05, 3.63) is 47.4 Å². The van der Waals surface area contributed by atoms with Crippen molar-refractivity contribution in [2.45, 2.75) is 12.5 Å². The minimum absolute atomic E-state index is 0.0512. The molecule has 0 aliphatic rings. The lowest BCUT2D eigenvalue weighted by Gasteiger charge is -2.05. The monoisotopic (exact) mass is 267 g/mol. The Balaban J connectivity index is 1.99. The van der Waals surface area contributed by atoms with Crippen molar-refractivity contribution in [3.63, 3.8) is 0 Å². The zero-order chi connectivity index (χ0) is 13.0. The fourth-order valence-electron chi connectivity index (χ4n) is 1.31. The average Bonchev–Trinajstić information content (AvgIpc) is 2.41. The molecule has 2 aromatic rings. The van der Waals surface area contributed by atoms with Gasteiger partial charge in [-0.05, 0) is 11.1 Å². The number of nitrogens with zero attached hydrogens (tertiary/aromatic N) is 2. The molecule has 0 spiro atoms. The smallest absolute Gasteiger partial charge is 0.318 e. The predicted molar refractivity (Wildman–Crippen MR) is 66.7 cm³/mol. The van der Waals surface area contributed by atoms with Gasteiger partial charge in [0.25, 0.3) is 0 Å². The molecule has 6 heteroatoms. The van der Waals surface area contributed by atoms with Crippen LogP contribution >= 0.6 is 11.6 Å². The fraction of sp³-hybridized carbons (Fsp3) is 0.167. The van der Waals surface area contributed by atoms with Crippen LogP contribution in [0.2, 0.25) is 0 Å². The van der Waals surface area contributed by atoms with Gasteiger partial charge in [-0.2, -0.15) is 4.98 Å². The Morgan fingerprint density at radius 3 is 2.50 bits per heavy atom. The number of anilines is 1. The van der Waals surface area contributed by atoms with Crippen molar-refractivity contribution in [1.82, 2.24) is 9.97 Å². The summed E-state index contributed by atoms with van der Waals surface area (Å²) in [5.41, 5.74) is 7.28. The Morgan fingerprint density at radius 1 is 1.22 bits per heavy atom. The van der Waals surface area contributed by atoms with Gasteiger partial charge in [0.2, 0.25) is 0 Å². The second kappa shape index (κ2) is 5.64. The summed E-state index contributed by atoms with van der Waals surface area (Å²) in [5.74, 6) is -0.412. The highest BCUT2D eigenvalue weighted by Gasteiger charge is 2.04. The van der Waals surface area contributed by atoms with Crippen LogP contribution < -0.4 is 10.5 Å². The van der Waals surface area contributed by atoms with Gasteiger partial charge in [0.05, 0.1) is 6.20 Å². The molecule has 0 radical (unpaired) electrons. The SMILES string of the molecule is Nc1nc(OCc2ccc(CCl)cc2)ncc1F. The van der Waals surface area contributed by atoms with Crippen LogP contribution in [-0.2, 0) is 12.5 Å². The largest absolute Gasteiger partial charge is 0.459 e. The van der Waals surface area contributed by atoms with Gasteiger partial charge < -0.3 is 10.5 Å². The van der Waals surface area contributed by atoms with Crippen LogP contribution in [0.1, 0.15) is 11.1 Å². The average molecular weight is 268 g/mol. The fourth-order valence-corrected chi connectivity index (χ4v) is 1.48. The Bertz CT molecular complexity index is 533. The predicted octanol–water partition coefficient (Wildman–Crippen LogP) is 2.52. The molecule has 0 aliphatic heterocycles. The standard InChI is InChI=1S/C12H11ClFN3O/c13-5-8-1-3-9(4-2-8)7-18-12-16-6-10(14)11(15)17-12/h1-4,6H,5,7H2,(H2,15,16,17). The molecule has 0 fully saturated rings. The van der Waals surface area contributed by atoms with Gasteiger partial charge in [0.15, 0.2) is 11.6 Å². The molecule has 0 saturated carbocycles. The van der Waals surface area contributed by atoms with E-state index in [0.717, 1.165) is 17.3 Å². The first kappa shape index (κ1) is 12.6. The summed E-state index contributed by atoms with van der Waals surface area (Å²) < 4.78 is 18.1. The van der Waals surface area contributed by atoms with Crippen LogP contribution in [0.25, 0.3) is 0 Å². The van der Waals surface area contributed by atoms with E-state index in [0.29, 0.717) is 5.88 Å². The van der Waals surface area contributed by atoms with Crippen molar-refractivity contribution in [2.24, 2.45) is 0 Å². The first-order chi connectivity index (χ1) is 8.69. The zero-order valence-corrected chi connectivity index (χ0v) is 10.2. The maximum Gasteiger partial charge on any atom is 0.318 e. The van der Waals surface area contributed by atoms with E-state index in [-0.39, 0.29) is 18.4 Å². The Labute approximate surface area is 109 Å².